The molecule has 1 aromatic carbocycles. The highest BCUT2D eigenvalue weighted by Gasteiger charge is 2.51. The molecule has 3 aromatic heterocycles. The first-order valence-electron chi connectivity index (χ1n) is 12.7. The Morgan fingerprint density at radius 2 is 1.82 bits per heavy atom. The SMILES string of the molecule is Cc1noc(C)c1-c1cnc2c(c1)[N+](C)(C(c1ccc(F)cc1)C1CCOCC1)c1cc(C(=O)O)ncc1-2. The number of carboxylic acid groups (broad SMARTS) is 1. The number of rotatable bonds is 5. The van der Waals surface area contributed by atoms with Gasteiger partial charge in [0.1, 0.15) is 23.3 Å². The molecule has 0 amide bonds. The fourth-order valence-corrected chi connectivity index (χ4v) is 6.29. The van der Waals surface area contributed by atoms with Crippen LogP contribution < -0.4 is 4.48 Å². The maximum Gasteiger partial charge on any atom is 0.354 e. The normalized spacial score (nSPS) is 19.7. The van der Waals surface area contributed by atoms with Crippen LogP contribution in [-0.4, -0.2) is 46.5 Å². The van der Waals surface area contributed by atoms with Crippen LogP contribution in [0.4, 0.5) is 15.8 Å². The average molecular weight is 516 g/mol. The number of ether oxygens (including phenoxy) is 1. The zero-order valence-electron chi connectivity index (χ0n) is 21.4. The summed E-state index contributed by atoms with van der Waals surface area (Å²) in [7, 11) is 2.10. The summed E-state index contributed by atoms with van der Waals surface area (Å²) in [6.07, 6.45) is 5.06. The molecule has 38 heavy (non-hydrogen) atoms. The lowest BCUT2D eigenvalue weighted by Gasteiger charge is -2.43. The minimum atomic E-state index is -1.09. The van der Waals surface area contributed by atoms with Crippen LogP contribution in [0.25, 0.3) is 22.4 Å². The Balaban J connectivity index is 1.64. The zero-order valence-corrected chi connectivity index (χ0v) is 21.4. The van der Waals surface area contributed by atoms with E-state index < -0.39 is 5.97 Å². The molecule has 0 radical (unpaired) electrons. The third-order valence-corrected chi connectivity index (χ3v) is 8.03. The number of benzene rings is 1. The molecule has 2 aliphatic heterocycles. The van der Waals surface area contributed by atoms with Gasteiger partial charge in [-0.2, -0.15) is 0 Å². The van der Waals surface area contributed by atoms with Crippen molar-refractivity contribution in [2.75, 3.05) is 20.3 Å². The number of nitrogens with zero attached hydrogens (tertiary/aromatic N) is 4. The number of aromatic nitrogens is 3. The van der Waals surface area contributed by atoms with Gasteiger partial charge in [-0.25, -0.2) is 19.2 Å². The average Bonchev–Trinajstić information content (AvgIpc) is 3.39. The molecule has 0 spiro atoms. The Morgan fingerprint density at radius 3 is 2.47 bits per heavy atom. The fourth-order valence-electron chi connectivity index (χ4n) is 6.29. The Labute approximate surface area is 219 Å². The van der Waals surface area contributed by atoms with Crippen LogP contribution in [0.3, 0.4) is 0 Å². The number of quaternary nitrogens is 1. The van der Waals surface area contributed by atoms with Crippen molar-refractivity contribution in [3.63, 3.8) is 0 Å². The van der Waals surface area contributed by atoms with Gasteiger partial charge in [0.2, 0.25) is 0 Å². The van der Waals surface area contributed by atoms with E-state index in [0.29, 0.717) is 19.0 Å². The molecule has 194 valence electrons. The van der Waals surface area contributed by atoms with Crippen LogP contribution in [0.1, 0.15) is 46.4 Å². The van der Waals surface area contributed by atoms with Crippen molar-refractivity contribution in [1.29, 1.82) is 0 Å². The van der Waals surface area contributed by atoms with Gasteiger partial charge in [-0.15, -0.1) is 0 Å². The number of carbonyl (C=O) groups is 1. The third kappa shape index (κ3) is 3.73. The predicted octanol–water partition coefficient (Wildman–Crippen LogP) is 6.00. The van der Waals surface area contributed by atoms with Crippen LogP contribution >= 0.6 is 0 Å². The molecule has 0 aliphatic carbocycles. The molecule has 0 saturated carbocycles. The number of aryl methyl sites for hydroxylation is 2. The van der Waals surface area contributed by atoms with Crippen molar-refractivity contribution in [2.45, 2.75) is 32.7 Å². The monoisotopic (exact) mass is 515 g/mol. The molecule has 2 aliphatic rings. The van der Waals surface area contributed by atoms with Crippen LogP contribution in [0.2, 0.25) is 0 Å². The number of halogens is 1. The zero-order chi connectivity index (χ0) is 26.6. The summed E-state index contributed by atoms with van der Waals surface area (Å²) in [6.45, 7) is 5.04. The summed E-state index contributed by atoms with van der Waals surface area (Å²) in [4.78, 5) is 21.1. The quantitative estimate of drug-likeness (QED) is 0.325. The van der Waals surface area contributed by atoms with Crippen LogP contribution in [0.5, 0.6) is 0 Å². The van der Waals surface area contributed by atoms with Crippen molar-refractivity contribution in [2.24, 2.45) is 5.92 Å². The van der Waals surface area contributed by atoms with Gasteiger partial charge in [-0.05, 0) is 38.8 Å². The number of hydrogen-bond donors (Lipinski definition) is 1. The highest BCUT2D eigenvalue weighted by molar-refractivity contribution is 5.97. The predicted molar refractivity (Wildman–Crippen MR) is 139 cm³/mol. The lowest BCUT2D eigenvalue weighted by atomic mass is 9.84. The molecule has 8 nitrogen and oxygen atoms in total. The minimum absolute atomic E-state index is 0.0308. The summed E-state index contributed by atoms with van der Waals surface area (Å²) < 4.78 is 25.5. The van der Waals surface area contributed by atoms with Gasteiger partial charge >= 0.3 is 5.97 Å². The van der Waals surface area contributed by atoms with E-state index in [1.54, 1.807) is 18.5 Å². The van der Waals surface area contributed by atoms with Crippen LogP contribution in [0, 0.1) is 25.6 Å². The van der Waals surface area contributed by atoms with Gasteiger partial charge in [-0.3, -0.25) is 4.48 Å². The first kappa shape index (κ1) is 24.4. The number of pyridine rings is 2. The van der Waals surface area contributed by atoms with Crippen molar-refractivity contribution >= 4 is 17.3 Å². The molecule has 1 N–H and O–H groups in total. The Hall–Kier alpha value is -3.95. The van der Waals surface area contributed by atoms with Gasteiger partial charge in [0.05, 0.1) is 18.3 Å². The van der Waals surface area contributed by atoms with Crippen molar-refractivity contribution < 1.29 is 23.6 Å². The summed E-state index contributed by atoms with van der Waals surface area (Å²) in [6, 6.07) is 10.3. The molecule has 9 heteroatoms. The smallest absolute Gasteiger partial charge is 0.354 e. The van der Waals surface area contributed by atoms with E-state index in [1.807, 2.05) is 26.0 Å². The molecule has 1 fully saturated rings. The van der Waals surface area contributed by atoms with E-state index in [4.69, 9.17) is 14.2 Å². The second-order valence-corrected chi connectivity index (χ2v) is 10.2. The molecule has 2 atom stereocenters. The summed E-state index contributed by atoms with van der Waals surface area (Å²) in [5.74, 6) is -0.501. The number of carboxylic acids is 1. The van der Waals surface area contributed by atoms with Crippen molar-refractivity contribution in [1.82, 2.24) is 19.6 Å². The van der Waals surface area contributed by atoms with E-state index in [9.17, 15) is 14.3 Å². The largest absolute Gasteiger partial charge is 0.477 e. The molecular weight excluding hydrogens is 487 g/mol. The third-order valence-electron chi connectivity index (χ3n) is 8.03. The molecule has 5 heterocycles. The van der Waals surface area contributed by atoms with E-state index in [2.05, 4.69) is 23.3 Å². The van der Waals surface area contributed by atoms with Gasteiger partial charge in [-0.1, -0.05) is 17.3 Å². The maximum absolute atomic E-state index is 14.0. The molecule has 0 bridgehead atoms. The highest BCUT2D eigenvalue weighted by Crippen LogP contribution is 2.58. The first-order chi connectivity index (χ1) is 18.3. The van der Waals surface area contributed by atoms with E-state index in [1.165, 1.54) is 12.1 Å². The Kier molecular flexibility index (Phi) is 5.85. The maximum atomic E-state index is 14.0. The van der Waals surface area contributed by atoms with Gasteiger partial charge < -0.3 is 14.4 Å². The second-order valence-electron chi connectivity index (χ2n) is 10.2. The highest BCUT2D eigenvalue weighted by atomic mass is 19.1. The second kappa shape index (κ2) is 9.11. The minimum Gasteiger partial charge on any atom is -0.477 e. The summed E-state index contributed by atoms with van der Waals surface area (Å²) >= 11 is 0. The fraction of sp³-hybridized carbons (Fsp3) is 0.310. The standard InChI is InChI=1S/C29H27FN4O4/c1-16-26(17(2)38-33-16)20-12-25-27(32-14-20)22-15-31-23(29(35)36)13-24(22)34(25,3)28(19-8-10-37-11-9-19)18-4-6-21(30)7-5-18/h4-7,12-15,19,28H,8-11H2,1-3H3/p+1. The topological polar surface area (TPSA) is 98.3 Å². The van der Waals surface area contributed by atoms with Gasteiger partial charge in [0.15, 0.2) is 17.1 Å². The molecule has 2 unspecified atom stereocenters. The van der Waals surface area contributed by atoms with Crippen LogP contribution in [-0.2, 0) is 4.74 Å². The van der Waals surface area contributed by atoms with Gasteiger partial charge in [0.25, 0.3) is 0 Å². The van der Waals surface area contributed by atoms with E-state index in [0.717, 1.165) is 57.9 Å². The van der Waals surface area contributed by atoms with E-state index in [-0.39, 0.29) is 28.0 Å². The Morgan fingerprint density at radius 1 is 1.08 bits per heavy atom. The number of aromatic carboxylic acids is 1. The molecule has 1 saturated heterocycles. The molecule has 4 aromatic rings. The lowest BCUT2D eigenvalue weighted by Crippen LogP contribution is -2.47. The summed E-state index contributed by atoms with van der Waals surface area (Å²) in [5, 5.41) is 13.9. The number of hydrogen-bond acceptors (Lipinski definition) is 6. The molecule has 6 rings (SSSR count). The van der Waals surface area contributed by atoms with Crippen molar-refractivity contribution in [3.05, 3.63) is 77.3 Å². The van der Waals surface area contributed by atoms with E-state index >= 15 is 0 Å². The lowest BCUT2D eigenvalue weighted by molar-refractivity contribution is 0.0420. The Bertz CT molecular complexity index is 1530. The number of fused-ring (bicyclic) bond motifs is 3. The first-order valence-corrected chi connectivity index (χ1v) is 12.7. The van der Waals surface area contributed by atoms with Gasteiger partial charge in [0, 0.05) is 60.3 Å². The van der Waals surface area contributed by atoms with Crippen molar-refractivity contribution in [3.8, 4) is 22.4 Å². The van der Waals surface area contributed by atoms with Crippen LogP contribution in [0.15, 0.2) is 53.3 Å². The molecular formula is C29H28FN4O4+. The summed E-state index contributed by atoms with van der Waals surface area (Å²) in [5.41, 5.74) is 6.72.